The zero-order valence-corrected chi connectivity index (χ0v) is 16.3. The third kappa shape index (κ3) is 3.84. The van der Waals surface area contributed by atoms with Gasteiger partial charge >= 0.3 is 0 Å². The highest BCUT2D eigenvalue weighted by Crippen LogP contribution is 2.32. The molecule has 28 heavy (non-hydrogen) atoms. The smallest absolute Gasteiger partial charge is 0.270 e. The average molecular weight is 402 g/mol. The van der Waals surface area contributed by atoms with Gasteiger partial charge in [0.05, 0.1) is 11.0 Å². The molecule has 0 atom stereocenters. The molecule has 0 radical (unpaired) electrons. The van der Waals surface area contributed by atoms with Crippen LogP contribution in [0.2, 0.25) is 5.15 Å². The lowest BCUT2D eigenvalue weighted by Gasteiger charge is -2.10. The largest absolute Gasteiger partial charge is 0.273 e. The number of alkyl halides is 2. The molecule has 0 spiro atoms. The van der Waals surface area contributed by atoms with Gasteiger partial charge in [-0.1, -0.05) is 37.6 Å². The third-order valence-corrected chi connectivity index (χ3v) is 4.10. The van der Waals surface area contributed by atoms with Crippen molar-refractivity contribution in [3.8, 4) is 17.3 Å². The van der Waals surface area contributed by atoms with Crippen LogP contribution in [0.15, 0.2) is 54.7 Å². The summed E-state index contributed by atoms with van der Waals surface area (Å²) in [6.45, 7) is 4.86. The Hall–Kier alpha value is -2.93. The molecule has 0 unspecified atom stereocenters. The first kappa shape index (κ1) is 19.8. The van der Waals surface area contributed by atoms with Crippen LogP contribution in [0.1, 0.15) is 26.3 Å². The van der Waals surface area contributed by atoms with Gasteiger partial charge in [-0.05, 0) is 36.4 Å². The van der Waals surface area contributed by atoms with E-state index in [2.05, 4.69) is 20.2 Å². The first-order chi connectivity index (χ1) is 13.4. The van der Waals surface area contributed by atoms with Gasteiger partial charge in [-0.2, -0.15) is 0 Å². The summed E-state index contributed by atoms with van der Waals surface area (Å²) in [5.41, 5.74) is 1.52. The van der Waals surface area contributed by atoms with Gasteiger partial charge < -0.3 is 0 Å². The molecule has 3 aromatic heterocycles. The summed E-state index contributed by atoms with van der Waals surface area (Å²) in [5, 5.41) is 8.21. The maximum atomic E-state index is 13.7. The summed E-state index contributed by atoms with van der Waals surface area (Å²) in [6.07, 6.45) is 1.64. The Labute approximate surface area is 166 Å². The zero-order chi connectivity index (χ0) is 20.3. The van der Waals surface area contributed by atoms with E-state index in [1.165, 1.54) is 12.1 Å². The highest BCUT2D eigenvalue weighted by Gasteiger charge is 2.26. The Bertz CT molecular complexity index is 1070. The van der Waals surface area contributed by atoms with Crippen LogP contribution in [-0.4, -0.2) is 24.7 Å². The molecule has 4 aromatic rings. The van der Waals surface area contributed by atoms with Gasteiger partial charge in [0.25, 0.3) is 5.92 Å². The second-order valence-electron chi connectivity index (χ2n) is 5.79. The lowest BCUT2D eigenvalue weighted by molar-refractivity contribution is 0.0176. The Morgan fingerprint density at radius 3 is 2.39 bits per heavy atom. The molecule has 0 N–H and O–H groups in total. The molecule has 5 nitrogen and oxygen atoms in total. The van der Waals surface area contributed by atoms with Crippen LogP contribution in [-0.2, 0) is 5.92 Å². The monoisotopic (exact) mass is 401 g/mol. The third-order valence-electron chi connectivity index (χ3n) is 3.90. The number of aromatic nitrogens is 5. The minimum absolute atomic E-state index is 0.107. The Kier molecular flexibility index (Phi) is 5.65. The summed E-state index contributed by atoms with van der Waals surface area (Å²) in [7, 11) is 0. The summed E-state index contributed by atoms with van der Waals surface area (Å²) < 4.78 is 29.1. The first-order valence-corrected chi connectivity index (χ1v) is 9.13. The van der Waals surface area contributed by atoms with Crippen molar-refractivity contribution >= 4 is 22.6 Å². The molecule has 0 aliphatic carbocycles. The fourth-order valence-corrected chi connectivity index (χ4v) is 2.78. The molecule has 1 aromatic carbocycles. The van der Waals surface area contributed by atoms with Crippen LogP contribution in [0.5, 0.6) is 0 Å². The first-order valence-electron chi connectivity index (χ1n) is 8.75. The average Bonchev–Trinajstić information content (AvgIpc) is 3.09. The number of imidazole rings is 1. The molecule has 0 fully saturated rings. The van der Waals surface area contributed by atoms with E-state index >= 15 is 0 Å². The highest BCUT2D eigenvalue weighted by atomic mass is 35.5. The van der Waals surface area contributed by atoms with E-state index in [1.54, 1.807) is 41.1 Å². The summed E-state index contributed by atoms with van der Waals surface area (Å²) in [6, 6.07) is 13.0. The van der Waals surface area contributed by atoms with E-state index in [-0.39, 0.29) is 10.7 Å². The molecule has 0 aliphatic rings. The van der Waals surface area contributed by atoms with Crippen molar-refractivity contribution in [3.05, 3.63) is 65.4 Å². The van der Waals surface area contributed by atoms with Crippen molar-refractivity contribution in [1.82, 2.24) is 24.7 Å². The van der Waals surface area contributed by atoms with E-state index in [1.807, 2.05) is 19.9 Å². The molecular weight excluding hydrogens is 384 g/mol. The van der Waals surface area contributed by atoms with Gasteiger partial charge in [-0.3, -0.25) is 9.55 Å². The summed E-state index contributed by atoms with van der Waals surface area (Å²) >= 11 is 5.82. The minimum atomic E-state index is -2.96. The molecule has 0 saturated heterocycles. The van der Waals surface area contributed by atoms with E-state index in [0.717, 1.165) is 6.92 Å². The number of pyridine rings is 1. The van der Waals surface area contributed by atoms with Crippen molar-refractivity contribution in [1.29, 1.82) is 0 Å². The summed E-state index contributed by atoms with van der Waals surface area (Å²) in [5.74, 6) is -2.01. The van der Waals surface area contributed by atoms with Crippen LogP contribution in [0.3, 0.4) is 0 Å². The Morgan fingerprint density at radius 1 is 1.00 bits per heavy atom. The van der Waals surface area contributed by atoms with E-state index in [0.29, 0.717) is 28.4 Å². The molecule has 0 aliphatic heterocycles. The predicted molar refractivity (Wildman–Crippen MR) is 106 cm³/mol. The Morgan fingerprint density at radius 2 is 1.79 bits per heavy atom. The fraction of sp³-hybridized carbons (Fsp3) is 0.200. The van der Waals surface area contributed by atoms with Gasteiger partial charge in [0.2, 0.25) is 0 Å². The van der Waals surface area contributed by atoms with Crippen molar-refractivity contribution in [3.63, 3.8) is 0 Å². The SMILES string of the molecule is CC.CC(F)(F)c1ccc2c(c1)nc(-c1ccccn1)n2-c1ccc(Cl)nn1. The number of halogens is 3. The summed E-state index contributed by atoms with van der Waals surface area (Å²) in [4.78, 5) is 8.84. The second kappa shape index (κ2) is 7.98. The maximum absolute atomic E-state index is 13.7. The molecular formula is C20H18ClF2N5. The van der Waals surface area contributed by atoms with Crippen LogP contribution in [0.4, 0.5) is 8.78 Å². The van der Waals surface area contributed by atoms with Crippen LogP contribution in [0, 0.1) is 0 Å². The molecule has 4 rings (SSSR count). The number of hydrogen-bond acceptors (Lipinski definition) is 4. The number of fused-ring (bicyclic) bond motifs is 1. The van der Waals surface area contributed by atoms with Gasteiger partial charge in [0, 0.05) is 18.7 Å². The lowest BCUT2D eigenvalue weighted by Crippen LogP contribution is -2.06. The van der Waals surface area contributed by atoms with Crippen molar-refractivity contribution in [2.75, 3.05) is 0 Å². The lowest BCUT2D eigenvalue weighted by atomic mass is 10.1. The number of benzene rings is 1. The second-order valence-corrected chi connectivity index (χ2v) is 6.18. The van der Waals surface area contributed by atoms with Gasteiger partial charge in [0.15, 0.2) is 16.8 Å². The highest BCUT2D eigenvalue weighted by molar-refractivity contribution is 6.29. The minimum Gasteiger partial charge on any atom is -0.273 e. The zero-order valence-electron chi connectivity index (χ0n) is 15.6. The molecule has 144 valence electrons. The maximum Gasteiger partial charge on any atom is 0.270 e. The van der Waals surface area contributed by atoms with Crippen LogP contribution >= 0.6 is 11.6 Å². The van der Waals surface area contributed by atoms with E-state index in [4.69, 9.17) is 11.6 Å². The van der Waals surface area contributed by atoms with Crippen molar-refractivity contribution < 1.29 is 8.78 Å². The normalized spacial score (nSPS) is 11.2. The molecule has 0 amide bonds. The quantitative estimate of drug-likeness (QED) is 0.444. The van der Waals surface area contributed by atoms with Gasteiger partial charge in [-0.25, -0.2) is 13.8 Å². The number of nitrogens with zero attached hydrogens (tertiary/aromatic N) is 5. The standard InChI is InChI=1S/C18H12ClF2N5.C2H6/c1-18(20,21)11-5-6-14-13(10-11)23-17(12-4-2-3-9-22-12)26(14)16-8-7-15(19)24-25-16;1-2/h2-10H,1H3;1-2H3. The molecule has 0 bridgehead atoms. The number of hydrogen-bond donors (Lipinski definition) is 0. The van der Waals surface area contributed by atoms with Crippen LogP contribution < -0.4 is 0 Å². The topological polar surface area (TPSA) is 56.5 Å². The molecule has 3 heterocycles. The van der Waals surface area contributed by atoms with E-state index < -0.39 is 5.92 Å². The molecule has 8 heteroatoms. The fourth-order valence-electron chi connectivity index (χ4n) is 2.68. The van der Waals surface area contributed by atoms with Crippen LogP contribution in [0.25, 0.3) is 28.4 Å². The molecule has 0 saturated carbocycles. The predicted octanol–water partition coefficient (Wildman–Crippen LogP) is 5.67. The van der Waals surface area contributed by atoms with Gasteiger partial charge in [-0.15, -0.1) is 10.2 Å². The Balaban J connectivity index is 0.00000109. The van der Waals surface area contributed by atoms with Crippen molar-refractivity contribution in [2.24, 2.45) is 0 Å². The van der Waals surface area contributed by atoms with Gasteiger partial charge in [0.1, 0.15) is 5.69 Å². The number of rotatable bonds is 3. The van der Waals surface area contributed by atoms with E-state index in [9.17, 15) is 8.78 Å². The van der Waals surface area contributed by atoms with Crippen molar-refractivity contribution in [2.45, 2.75) is 26.7 Å².